The molecule has 2 rings (SSSR count). The zero-order chi connectivity index (χ0) is 14.7. The van der Waals surface area contributed by atoms with Gasteiger partial charge in [-0.15, -0.1) is 5.10 Å². The molecule has 106 valence electrons. The van der Waals surface area contributed by atoms with E-state index in [1.54, 1.807) is 11.6 Å². The summed E-state index contributed by atoms with van der Waals surface area (Å²) in [5.74, 6) is 0.700. The van der Waals surface area contributed by atoms with E-state index in [4.69, 9.17) is 10.5 Å². The van der Waals surface area contributed by atoms with E-state index in [2.05, 4.69) is 24.2 Å². The Morgan fingerprint density at radius 1 is 1.35 bits per heavy atom. The molecule has 0 saturated heterocycles. The topological polar surface area (TPSA) is 83.0 Å². The van der Waals surface area contributed by atoms with E-state index < -0.39 is 5.91 Å². The summed E-state index contributed by atoms with van der Waals surface area (Å²) in [5.41, 5.74) is 6.83. The number of hydrogen-bond donors (Lipinski definition) is 1. The van der Waals surface area contributed by atoms with Gasteiger partial charge in [0.05, 0.1) is 18.0 Å². The van der Waals surface area contributed by atoms with Crippen molar-refractivity contribution in [3.05, 3.63) is 35.7 Å². The van der Waals surface area contributed by atoms with Gasteiger partial charge in [-0.3, -0.25) is 4.79 Å². The number of rotatable bonds is 5. The summed E-state index contributed by atoms with van der Waals surface area (Å²) in [6, 6.07) is 7.45. The molecule has 0 saturated carbocycles. The second kappa shape index (κ2) is 5.73. The highest BCUT2D eigenvalue weighted by Gasteiger charge is 2.14. The first-order valence-corrected chi connectivity index (χ1v) is 6.44. The number of primary amides is 1. The van der Waals surface area contributed by atoms with Gasteiger partial charge in [0.1, 0.15) is 5.75 Å². The van der Waals surface area contributed by atoms with E-state index in [1.807, 2.05) is 24.3 Å². The van der Waals surface area contributed by atoms with E-state index in [0.29, 0.717) is 18.2 Å². The number of nitrogens with zero attached hydrogens (tertiary/aromatic N) is 3. The maximum absolute atomic E-state index is 11.2. The third kappa shape index (κ3) is 2.96. The quantitative estimate of drug-likeness (QED) is 0.899. The van der Waals surface area contributed by atoms with Crippen molar-refractivity contribution in [2.75, 3.05) is 6.61 Å². The fourth-order valence-electron chi connectivity index (χ4n) is 1.75. The first-order valence-electron chi connectivity index (χ1n) is 6.44. The molecule has 0 aliphatic carbocycles. The highest BCUT2D eigenvalue weighted by Crippen LogP contribution is 2.17. The first kappa shape index (κ1) is 14.0. The van der Waals surface area contributed by atoms with Crippen molar-refractivity contribution in [2.24, 2.45) is 11.7 Å². The lowest BCUT2D eigenvalue weighted by molar-refractivity contribution is 0.0995. The van der Waals surface area contributed by atoms with Crippen molar-refractivity contribution in [1.29, 1.82) is 0 Å². The van der Waals surface area contributed by atoms with Crippen molar-refractivity contribution in [3.63, 3.8) is 0 Å². The lowest BCUT2D eigenvalue weighted by atomic mass is 10.2. The van der Waals surface area contributed by atoms with Gasteiger partial charge < -0.3 is 10.5 Å². The number of benzene rings is 1. The van der Waals surface area contributed by atoms with E-state index in [1.165, 1.54) is 0 Å². The molecule has 0 bridgehead atoms. The first-order chi connectivity index (χ1) is 9.49. The smallest absolute Gasteiger partial charge is 0.271 e. The minimum absolute atomic E-state index is 0.185. The summed E-state index contributed by atoms with van der Waals surface area (Å²) < 4.78 is 7.19. The molecular weight excluding hydrogens is 256 g/mol. The molecule has 1 aromatic heterocycles. The Kier molecular flexibility index (Phi) is 4.02. The Morgan fingerprint density at radius 3 is 2.50 bits per heavy atom. The maximum atomic E-state index is 11.2. The van der Waals surface area contributed by atoms with Gasteiger partial charge in [-0.05, 0) is 37.1 Å². The van der Waals surface area contributed by atoms with Crippen LogP contribution in [-0.2, 0) is 0 Å². The van der Waals surface area contributed by atoms with Crippen LogP contribution in [0.5, 0.6) is 5.75 Å². The Bertz CT molecular complexity index is 602. The van der Waals surface area contributed by atoms with Crippen LogP contribution in [0.4, 0.5) is 0 Å². The fourth-order valence-corrected chi connectivity index (χ4v) is 1.75. The summed E-state index contributed by atoms with van der Waals surface area (Å²) >= 11 is 0. The molecule has 0 unspecified atom stereocenters. The number of nitrogens with two attached hydrogens (primary N) is 1. The van der Waals surface area contributed by atoms with Gasteiger partial charge in [0, 0.05) is 0 Å². The number of ether oxygens (including phenoxy) is 1. The molecule has 1 aromatic carbocycles. The Morgan fingerprint density at radius 2 is 2.00 bits per heavy atom. The Labute approximate surface area is 117 Å². The zero-order valence-corrected chi connectivity index (χ0v) is 11.8. The second-order valence-electron chi connectivity index (χ2n) is 5.00. The molecular formula is C14H18N4O2. The number of amides is 1. The molecule has 0 radical (unpaired) electrons. The van der Waals surface area contributed by atoms with Crippen molar-refractivity contribution in [1.82, 2.24) is 15.0 Å². The molecule has 20 heavy (non-hydrogen) atoms. The molecule has 6 nitrogen and oxygen atoms in total. The number of carbonyl (C=O) groups excluding carboxylic acids is 1. The van der Waals surface area contributed by atoms with Crippen molar-refractivity contribution < 1.29 is 9.53 Å². The molecule has 0 aliphatic heterocycles. The van der Waals surface area contributed by atoms with Crippen LogP contribution < -0.4 is 10.5 Å². The molecule has 0 atom stereocenters. The minimum atomic E-state index is -0.578. The third-order valence-electron chi connectivity index (χ3n) is 2.79. The van der Waals surface area contributed by atoms with Gasteiger partial charge in [0.25, 0.3) is 5.91 Å². The monoisotopic (exact) mass is 274 g/mol. The molecule has 1 amide bonds. The molecule has 2 aromatic rings. The zero-order valence-electron chi connectivity index (χ0n) is 11.8. The summed E-state index contributed by atoms with van der Waals surface area (Å²) in [6.07, 6.45) is 0. The number of aromatic nitrogens is 3. The van der Waals surface area contributed by atoms with Gasteiger partial charge in [-0.2, -0.15) is 0 Å². The van der Waals surface area contributed by atoms with E-state index in [9.17, 15) is 4.79 Å². The van der Waals surface area contributed by atoms with Crippen LogP contribution in [0.25, 0.3) is 5.69 Å². The predicted molar refractivity (Wildman–Crippen MR) is 74.9 cm³/mol. The van der Waals surface area contributed by atoms with E-state index in [-0.39, 0.29) is 5.69 Å². The summed E-state index contributed by atoms with van der Waals surface area (Å²) in [5, 5.41) is 7.72. The van der Waals surface area contributed by atoms with E-state index in [0.717, 1.165) is 11.4 Å². The van der Waals surface area contributed by atoms with Crippen LogP contribution in [0.1, 0.15) is 30.0 Å². The lowest BCUT2D eigenvalue weighted by Crippen LogP contribution is -2.13. The van der Waals surface area contributed by atoms with Crippen LogP contribution in [0.3, 0.4) is 0 Å². The van der Waals surface area contributed by atoms with Crippen molar-refractivity contribution in [3.8, 4) is 11.4 Å². The SMILES string of the molecule is Cc1c(C(N)=O)nnn1-c1ccc(OCC(C)C)cc1. The number of carbonyl (C=O) groups is 1. The Balaban J connectivity index is 2.20. The molecule has 6 heteroatoms. The highest BCUT2D eigenvalue weighted by atomic mass is 16.5. The van der Waals surface area contributed by atoms with Crippen LogP contribution in [0.15, 0.2) is 24.3 Å². The molecule has 0 fully saturated rings. The maximum Gasteiger partial charge on any atom is 0.271 e. The van der Waals surface area contributed by atoms with Gasteiger partial charge in [-0.1, -0.05) is 19.1 Å². The van der Waals surface area contributed by atoms with Crippen LogP contribution in [0, 0.1) is 12.8 Å². The van der Waals surface area contributed by atoms with Gasteiger partial charge in [0.15, 0.2) is 5.69 Å². The molecule has 0 aliphatic rings. The normalized spacial score (nSPS) is 10.8. The second-order valence-corrected chi connectivity index (χ2v) is 5.00. The van der Waals surface area contributed by atoms with Crippen LogP contribution in [-0.4, -0.2) is 27.5 Å². The molecule has 2 N–H and O–H groups in total. The number of hydrogen-bond acceptors (Lipinski definition) is 4. The van der Waals surface area contributed by atoms with Crippen LogP contribution in [0.2, 0.25) is 0 Å². The van der Waals surface area contributed by atoms with Crippen molar-refractivity contribution in [2.45, 2.75) is 20.8 Å². The van der Waals surface area contributed by atoms with Gasteiger partial charge >= 0.3 is 0 Å². The molecule has 0 spiro atoms. The summed E-state index contributed by atoms with van der Waals surface area (Å²) in [6.45, 7) is 6.62. The summed E-state index contributed by atoms with van der Waals surface area (Å²) in [4.78, 5) is 11.2. The predicted octanol–water partition coefficient (Wildman–Crippen LogP) is 1.71. The average molecular weight is 274 g/mol. The van der Waals surface area contributed by atoms with Gasteiger partial charge in [0.2, 0.25) is 0 Å². The third-order valence-corrected chi connectivity index (χ3v) is 2.79. The van der Waals surface area contributed by atoms with Gasteiger partial charge in [-0.25, -0.2) is 4.68 Å². The highest BCUT2D eigenvalue weighted by molar-refractivity contribution is 5.91. The summed E-state index contributed by atoms with van der Waals surface area (Å²) in [7, 11) is 0. The standard InChI is InChI=1S/C14H18N4O2/c1-9(2)8-20-12-6-4-11(5-7-12)18-10(3)13(14(15)19)16-17-18/h4-7,9H,8H2,1-3H3,(H2,15,19). The molecule has 1 heterocycles. The van der Waals surface area contributed by atoms with Crippen molar-refractivity contribution >= 4 is 5.91 Å². The fraction of sp³-hybridized carbons (Fsp3) is 0.357. The van der Waals surface area contributed by atoms with E-state index >= 15 is 0 Å². The average Bonchev–Trinajstić information content (AvgIpc) is 2.79. The Hall–Kier alpha value is -2.37. The minimum Gasteiger partial charge on any atom is -0.493 e. The lowest BCUT2D eigenvalue weighted by Gasteiger charge is -2.09. The largest absolute Gasteiger partial charge is 0.493 e. The van der Waals surface area contributed by atoms with Crippen LogP contribution >= 0.6 is 0 Å².